The molecule has 2 aromatic heterocycles. The van der Waals surface area contributed by atoms with Gasteiger partial charge in [0.25, 0.3) is 0 Å². The van der Waals surface area contributed by atoms with Gasteiger partial charge in [0.1, 0.15) is 17.4 Å². The third-order valence-corrected chi connectivity index (χ3v) is 4.33. The molecule has 3 nitrogen and oxygen atoms in total. The monoisotopic (exact) mass is 275 g/mol. The fraction of sp³-hybridized carbons (Fsp3) is 0. The summed E-state index contributed by atoms with van der Waals surface area (Å²) < 4.78 is 1.24. The van der Waals surface area contributed by atoms with E-state index in [0.29, 0.717) is 5.56 Å². The van der Waals surface area contributed by atoms with E-state index in [1.807, 2.05) is 24.3 Å². The fourth-order valence-electron chi connectivity index (χ4n) is 2.41. The summed E-state index contributed by atoms with van der Waals surface area (Å²) in [6.45, 7) is 0. The lowest BCUT2D eigenvalue weighted by atomic mass is 10.2. The first-order chi connectivity index (χ1) is 9.86. The minimum absolute atomic E-state index is 0.601. The lowest BCUT2D eigenvalue weighted by molar-refractivity contribution is 1.35. The summed E-state index contributed by atoms with van der Waals surface area (Å²) in [6, 6.07) is 16.1. The first kappa shape index (κ1) is 11.2. The molecule has 0 unspecified atom stereocenters. The summed E-state index contributed by atoms with van der Waals surface area (Å²) in [4.78, 5) is 7.91. The van der Waals surface area contributed by atoms with Crippen LogP contribution in [0.15, 0.2) is 47.8 Å². The van der Waals surface area contributed by atoms with Crippen molar-refractivity contribution in [3.05, 3.63) is 53.4 Å². The molecule has 1 N–H and O–H groups in total. The Morgan fingerprint density at radius 2 is 2.00 bits per heavy atom. The van der Waals surface area contributed by atoms with Gasteiger partial charge in [0, 0.05) is 21.0 Å². The van der Waals surface area contributed by atoms with Gasteiger partial charge in [-0.2, -0.15) is 5.26 Å². The van der Waals surface area contributed by atoms with Crippen LogP contribution in [0.1, 0.15) is 5.56 Å². The van der Waals surface area contributed by atoms with Crippen molar-refractivity contribution in [1.29, 1.82) is 5.26 Å². The minimum Gasteiger partial charge on any atom is -0.338 e. The van der Waals surface area contributed by atoms with E-state index in [1.165, 1.54) is 10.1 Å². The number of nitrogens with zero attached hydrogens (tertiary/aromatic N) is 2. The molecule has 0 aliphatic carbocycles. The van der Waals surface area contributed by atoms with Gasteiger partial charge in [0.2, 0.25) is 0 Å². The Balaban J connectivity index is 2.01. The Morgan fingerprint density at radius 3 is 2.90 bits per heavy atom. The predicted molar refractivity (Wildman–Crippen MR) is 81.6 cm³/mol. The maximum Gasteiger partial charge on any atom is 0.140 e. The lowest BCUT2D eigenvalue weighted by Gasteiger charge is -1.93. The van der Waals surface area contributed by atoms with Crippen molar-refractivity contribution in [2.45, 2.75) is 0 Å². The molecule has 0 saturated carbocycles. The Morgan fingerprint density at radius 1 is 1.10 bits per heavy atom. The molecule has 0 fully saturated rings. The third-order valence-electron chi connectivity index (χ3n) is 3.37. The molecular weight excluding hydrogens is 266 g/mol. The van der Waals surface area contributed by atoms with Crippen LogP contribution in [-0.2, 0) is 0 Å². The number of benzene rings is 2. The van der Waals surface area contributed by atoms with Crippen molar-refractivity contribution in [3.8, 4) is 17.5 Å². The Hall–Kier alpha value is -2.64. The molecule has 0 amide bonds. The second kappa shape index (κ2) is 4.19. The molecule has 4 aromatic rings. The van der Waals surface area contributed by atoms with Crippen molar-refractivity contribution >= 4 is 32.5 Å². The lowest BCUT2D eigenvalue weighted by Crippen LogP contribution is -1.78. The highest BCUT2D eigenvalue weighted by molar-refractivity contribution is 7.17. The zero-order valence-corrected chi connectivity index (χ0v) is 11.2. The van der Waals surface area contributed by atoms with Crippen molar-refractivity contribution < 1.29 is 0 Å². The number of thiophene rings is 1. The zero-order valence-electron chi connectivity index (χ0n) is 10.4. The standard InChI is InChI=1S/C16H9N3S/c17-8-10-4-3-6-13-15(10)19-16(18-13)12-9-20-14-7-2-1-5-11(12)14/h1-7,9H,(H,18,19). The number of aromatic nitrogens is 2. The molecule has 94 valence electrons. The number of H-pyrrole nitrogens is 1. The quantitative estimate of drug-likeness (QED) is 0.562. The van der Waals surface area contributed by atoms with Gasteiger partial charge in [-0.05, 0) is 18.2 Å². The van der Waals surface area contributed by atoms with E-state index >= 15 is 0 Å². The molecule has 0 aliphatic rings. The maximum atomic E-state index is 9.15. The summed E-state index contributed by atoms with van der Waals surface area (Å²) in [7, 11) is 0. The molecule has 20 heavy (non-hydrogen) atoms. The van der Waals surface area contributed by atoms with Crippen LogP contribution >= 0.6 is 11.3 Å². The molecule has 0 aliphatic heterocycles. The summed E-state index contributed by atoms with van der Waals surface area (Å²) in [5.74, 6) is 0.820. The first-order valence-electron chi connectivity index (χ1n) is 6.22. The Bertz CT molecular complexity index is 972. The summed E-state index contributed by atoms with van der Waals surface area (Å²) in [5.41, 5.74) is 3.32. The number of hydrogen-bond acceptors (Lipinski definition) is 3. The van der Waals surface area contributed by atoms with Crippen LogP contribution in [-0.4, -0.2) is 9.97 Å². The van der Waals surface area contributed by atoms with Gasteiger partial charge in [-0.25, -0.2) is 4.98 Å². The van der Waals surface area contributed by atoms with Gasteiger partial charge in [0.05, 0.1) is 11.1 Å². The van der Waals surface area contributed by atoms with Crippen molar-refractivity contribution in [2.24, 2.45) is 0 Å². The molecule has 4 heteroatoms. The predicted octanol–water partition coefficient (Wildman–Crippen LogP) is 4.32. The highest BCUT2D eigenvalue weighted by atomic mass is 32.1. The third kappa shape index (κ3) is 1.54. The van der Waals surface area contributed by atoms with Gasteiger partial charge in [0.15, 0.2) is 0 Å². The zero-order chi connectivity index (χ0) is 13.5. The van der Waals surface area contributed by atoms with Crippen LogP contribution in [0, 0.1) is 11.3 Å². The number of para-hydroxylation sites is 1. The molecule has 0 saturated heterocycles. The number of hydrogen-bond donors (Lipinski definition) is 1. The summed E-state index contributed by atoms with van der Waals surface area (Å²) >= 11 is 1.70. The molecule has 0 spiro atoms. The molecule has 0 bridgehead atoms. The number of nitrogens with one attached hydrogen (secondary N) is 1. The van der Waals surface area contributed by atoms with E-state index in [-0.39, 0.29) is 0 Å². The molecule has 2 aromatic carbocycles. The largest absolute Gasteiger partial charge is 0.338 e. The van der Waals surface area contributed by atoms with Crippen molar-refractivity contribution in [1.82, 2.24) is 9.97 Å². The highest BCUT2D eigenvalue weighted by Gasteiger charge is 2.12. The Kier molecular flexibility index (Phi) is 2.35. The smallest absolute Gasteiger partial charge is 0.140 e. The van der Waals surface area contributed by atoms with E-state index in [9.17, 15) is 0 Å². The number of fused-ring (bicyclic) bond motifs is 2. The molecule has 4 rings (SSSR count). The van der Waals surface area contributed by atoms with Crippen LogP contribution < -0.4 is 0 Å². The van der Waals surface area contributed by atoms with Gasteiger partial charge >= 0.3 is 0 Å². The van der Waals surface area contributed by atoms with E-state index in [2.05, 4.69) is 33.5 Å². The average molecular weight is 275 g/mol. The molecule has 2 heterocycles. The van der Waals surface area contributed by atoms with E-state index in [1.54, 1.807) is 17.4 Å². The first-order valence-corrected chi connectivity index (χ1v) is 7.10. The minimum atomic E-state index is 0.601. The topological polar surface area (TPSA) is 52.5 Å². The number of aromatic amines is 1. The maximum absolute atomic E-state index is 9.15. The summed E-state index contributed by atoms with van der Waals surface area (Å²) in [5, 5.41) is 12.4. The van der Waals surface area contributed by atoms with Gasteiger partial charge < -0.3 is 4.98 Å². The second-order valence-corrected chi connectivity index (χ2v) is 5.46. The normalized spacial score (nSPS) is 10.9. The van der Waals surface area contributed by atoms with Crippen LogP contribution in [0.3, 0.4) is 0 Å². The van der Waals surface area contributed by atoms with Gasteiger partial charge in [-0.15, -0.1) is 11.3 Å². The molecule has 0 radical (unpaired) electrons. The van der Waals surface area contributed by atoms with E-state index < -0.39 is 0 Å². The SMILES string of the molecule is N#Cc1cccc2[nH]c(-c3csc4ccccc34)nc12. The number of rotatable bonds is 1. The van der Waals surface area contributed by atoms with E-state index in [0.717, 1.165) is 22.4 Å². The van der Waals surface area contributed by atoms with Gasteiger partial charge in [-0.3, -0.25) is 0 Å². The average Bonchev–Trinajstić information content (AvgIpc) is 3.10. The molecule has 0 atom stereocenters. The van der Waals surface area contributed by atoms with Crippen LogP contribution in [0.5, 0.6) is 0 Å². The Labute approximate surface area is 119 Å². The fourth-order valence-corrected chi connectivity index (χ4v) is 3.36. The van der Waals surface area contributed by atoms with Crippen molar-refractivity contribution in [2.75, 3.05) is 0 Å². The second-order valence-electron chi connectivity index (χ2n) is 4.54. The highest BCUT2D eigenvalue weighted by Crippen LogP contribution is 2.33. The number of imidazole rings is 1. The van der Waals surface area contributed by atoms with Gasteiger partial charge in [-0.1, -0.05) is 24.3 Å². The van der Waals surface area contributed by atoms with E-state index in [4.69, 9.17) is 5.26 Å². The van der Waals surface area contributed by atoms with Crippen LogP contribution in [0.25, 0.3) is 32.5 Å². The number of nitriles is 1. The van der Waals surface area contributed by atoms with Crippen molar-refractivity contribution in [3.63, 3.8) is 0 Å². The summed E-state index contributed by atoms with van der Waals surface area (Å²) in [6.07, 6.45) is 0. The van der Waals surface area contributed by atoms with Crippen LogP contribution in [0.4, 0.5) is 0 Å². The molecular formula is C16H9N3S. The van der Waals surface area contributed by atoms with Crippen LogP contribution in [0.2, 0.25) is 0 Å².